The lowest BCUT2D eigenvalue weighted by atomic mass is 9.86. The van der Waals surface area contributed by atoms with Gasteiger partial charge in [-0.1, -0.05) is 172 Å². The van der Waals surface area contributed by atoms with Gasteiger partial charge in [0.15, 0.2) is 23.3 Å². The molecular weight excluding hydrogens is 721 g/mol. The fourth-order valence-corrected chi connectivity index (χ4v) is 7.77. The van der Waals surface area contributed by atoms with Crippen LogP contribution in [-0.2, 0) is 5.41 Å². The van der Waals surface area contributed by atoms with Crippen LogP contribution in [0.5, 0.6) is 0 Å². The van der Waals surface area contributed by atoms with Gasteiger partial charge in [0, 0.05) is 44.2 Å². The van der Waals surface area contributed by atoms with Crippen LogP contribution in [0.3, 0.4) is 0 Å². The molecule has 0 aliphatic carbocycles. The summed E-state index contributed by atoms with van der Waals surface area (Å²) in [6.07, 6.45) is 0. The molecule has 0 radical (unpaired) electrons. The number of aromatic nitrogens is 6. The third-order valence-electron chi connectivity index (χ3n) is 10.8. The fourth-order valence-electron chi connectivity index (χ4n) is 7.77. The van der Waals surface area contributed by atoms with Crippen molar-refractivity contribution in [2.45, 2.75) is 26.2 Å². The molecular formula is C53H40N6. The van der Waals surface area contributed by atoms with Gasteiger partial charge in [-0.15, -0.1) is 0 Å². The molecule has 0 atom stereocenters. The van der Waals surface area contributed by atoms with E-state index in [-0.39, 0.29) is 5.41 Å². The Balaban J connectivity index is 1.27. The van der Waals surface area contributed by atoms with E-state index in [1.54, 1.807) is 0 Å². The quantitative estimate of drug-likeness (QED) is 0.162. The van der Waals surface area contributed by atoms with Crippen LogP contribution in [-0.4, -0.2) is 29.5 Å². The van der Waals surface area contributed by atoms with E-state index < -0.39 is 0 Å². The minimum atomic E-state index is -0.00843. The lowest BCUT2D eigenvalue weighted by molar-refractivity contribution is 0.591. The smallest absolute Gasteiger partial charge is 0.166 e. The summed E-state index contributed by atoms with van der Waals surface area (Å²) in [5, 5.41) is 2.38. The van der Waals surface area contributed by atoms with Gasteiger partial charge >= 0.3 is 0 Å². The van der Waals surface area contributed by atoms with Gasteiger partial charge in [-0.25, -0.2) is 24.9 Å². The van der Waals surface area contributed by atoms with Crippen LogP contribution in [0.2, 0.25) is 0 Å². The molecule has 0 unspecified atom stereocenters. The van der Waals surface area contributed by atoms with Crippen molar-refractivity contribution in [3.63, 3.8) is 0 Å². The molecule has 6 heteroatoms. The van der Waals surface area contributed by atoms with Crippen LogP contribution < -0.4 is 0 Å². The summed E-state index contributed by atoms with van der Waals surface area (Å²) in [6, 6.07) is 64.8. The highest BCUT2D eigenvalue weighted by Gasteiger charge is 2.23. The predicted octanol–water partition coefficient (Wildman–Crippen LogP) is 13.1. The Morgan fingerprint density at radius 1 is 0.356 bits per heavy atom. The van der Waals surface area contributed by atoms with Gasteiger partial charge in [-0.2, -0.15) is 0 Å². The second-order valence-corrected chi connectivity index (χ2v) is 15.8. The first-order chi connectivity index (χ1) is 28.9. The molecule has 10 rings (SSSR count). The van der Waals surface area contributed by atoms with Crippen molar-refractivity contribution in [2.75, 3.05) is 0 Å². The zero-order valence-corrected chi connectivity index (χ0v) is 33.1. The van der Waals surface area contributed by atoms with Crippen molar-refractivity contribution in [3.8, 4) is 73.8 Å². The largest absolute Gasteiger partial charge is 0.309 e. The Bertz CT molecular complexity index is 3000. The van der Waals surface area contributed by atoms with Gasteiger partial charge in [0.05, 0.1) is 28.1 Å². The number of para-hydroxylation sites is 1. The Kier molecular flexibility index (Phi) is 8.95. The van der Waals surface area contributed by atoms with Crippen molar-refractivity contribution in [1.82, 2.24) is 29.5 Å². The first-order valence-electron chi connectivity index (χ1n) is 19.9. The molecule has 0 N–H and O–H groups in total. The van der Waals surface area contributed by atoms with E-state index in [0.29, 0.717) is 23.3 Å². The van der Waals surface area contributed by atoms with Crippen LogP contribution >= 0.6 is 0 Å². The number of fused-ring (bicyclic) bond motifs is 3. The van der Waals surface area contributed by atoms with E-state index in [1.807, 2.05) is 97.1 Å². The number of benzene rings is 7. The average molecular weight is 761 g/mol. The van der Waals surface area contributed by atoms with Crippen LogP contribution in [0, 0.1) is 0 Å². The van der Waals surface area contributed by atoms with Gasteiger partial charge < -0.3 is 4.57 Å². The summed E-state index contributed by atoms with van der Waals surface area (Å²) in [4.78, 5) is 25.9. The Morgan fingerprint density at radius 2 is 0.831 bits per heavy atom. The minimum absolute atomic E-state index is 0.00843. The Morgan fingerprint density at radius 3 is 1.41 bits per heavy atom. The normalized spacial score (nSPS) is 11.6. The number of rotatable bonds is 7. The van der Waals surface area contributed by atoms with Gasteiger partial charge in [0.1, 0.15) is 0 Å². The molecule has 10 aromatic rings. The SMILES string of the molecule is CC(C)(C)c1ccc2c(c1)c1ccccc1n2-c1ccc(-c2cc(-c3ccccc3)nc(-c3ccccc3)n2)cc1-c1nc(-c2ccccc2)nc(-c2ccccc2)n1. The van der Waals surface area contributed by atoms with E-state index in [1.165, 1.54) is 16.3 Å². The highest BCUT2D eigenvalue weighted by Crippen LogP contribution is 2.40. The predicted molar refractivity (Wildman–Crippen MR) is 241 cm³/mol. The highest BCUT2D eigenvalue weighted by atomic mass is 15.1. The maximum atomic E-state index is 5.27. The van der Waals surface area contributed by atoms with Crippen molar-refractivity contribution in [3.05, 3.63) is 194 Å². The van der Waals surface area contributed by atoms with Gasteiger partial charge in [-0.05, 0) is 47.4 Å². The van der Waals surface area contributed by atoms with E-state index in [0.717, 1.165) is 61.5 Å². The van der Waals surface area contributed by atoms with E-state index in [2.05, 4.69) is 116 Å². The molecule has 59 heavy (non-hydrogen) atoms. The maximum Gasteiger partial charge on any atom is 0.166 e. The molecule has 3 aromatic heterocycles. The summed E-state index contributed by atoms with van der Waals surface area (Å²) in [7, 11) is 0. The third-order valence-corrected chi connectivity index (χ3v) is 10.8. The van der Waals surface area contributed by atoms with Gasteiger partial charge in [0.25, 0.3) is 0 Å². The van der Waals surface area contributed by atoms with Crippen molar-refractivity contribution < 1.29 is 0 Å². The highest BCUT2D eigenvalue weighted by molar-refractivity contribution is 6.10. The molecule has 0 spiro atoms. The maximum absolute atomic E-state index is 5.27. The third kappa shape index (κ3) is 6.85. The zero-order chi connectivity index (χ0) is 39.9. The summed E-state index contributed by atoms with van der Waals surface area (Å²) >= 11 is 0. The van der Waals surface area contributed by atoms with E-state index in [4.69, 9.17) is 24.9 Å². The lowest BCUT2D eigenvalue weighted by Crippen LogP contribution is -2.10. The van der Waals surface area contributed by atoms with Crippen molar-refractivity contribution in [1.29, 1.82) is 0 Å². The Labute approximate surface area is 343 Å². The lowest BCUT2D eigenvalue weighted by Gasteiger charge is -2.19. The first-order valence-corrected chi connectivity index (χ1v) is 19.9. The summed E-state index contributed by atoms with van der Waals surface area (Å²) in [6.45, 7) is 6.79. The molecule has 0 bridgehead atoms. The van der Waals surface area contributed by atoms with Crippen molar-refractivity contribution >= 4 is 21.8 Å². The molecule has 7 aromatic carbocycles. The molecule has 0 aliphatic heterocycles. The molecule has 0 aliphatic rings. The second kappa shape index (κ2) is 14.7. The molecule has 0 saturated heterocycles. The second-order valence-electron chi connectivity index (χ2n) is 15.8. The number of hydrogen-bond acceptors (Lipinski definition) is 5. The van der Waals surface area contributed by atoms with Crippen LogP contribution in [0.25, 0.3) is 95.6 Å². The van der Waals surface area contributed by atoms with Crippen LogP contribution in [0.1, 0.15) is 26.3 Å². The Hall–Kier alpha value is -7.57. The molecule has 0 amide bonds. The summed E-state index contributed by atoms with van der Waals surface area (Å²) in [5.74, 6) is 2.42. The van der Waals surface area contributed by atoms with Crippen molar-refractivity contribution in [2.24, 2.45) is 0 Å². The minimum Gasteiger partial charge on any atom is -0.309 e. The first kappa shape index (κ1) is 35.8. The average Bonchev–Trinajstić information content (AvgIpc) is 3.63. The molecule has 0 fully saturated rings. The van der Waals surface area contributed by atoms with E-state index in [9.17, 15) is 0 Å². The number of nitrogens with zero attached hydrogens (tertiary/aromatic N) is 6. The fraction of sp³-hybridized carbons (Fsp3) is 0.0755. The van der Waals surface area contributed by atoms with Gasteiger partial charge in [-0.3, -0.25) is 0 Å². The molecule has 3 heterocycles. The number of hydrogen-bond donors (Lipinski definition) is 0. The standard InChI is InChI=1S/C53H40N6/c1-53(2,3)40-29-31-47-42(33-40)41-26-16-17-27-46(41)59(47)48-30-28-39(45-34-44(35-18-8-4-9-19-35)54-49(55-45)36-20-10-5-11-21-36)32-43(48)52-57-50(37-22-12-6-13-23-37)56-51(58-52)38-24-14-7-15-25-38/h4-34H,1-3H3. The van der Waals surface area contributed by atoms with E-state index >= 15 is 0 Å². The molecule has 6 nitrogen and oxygen atoms in total. The molecule has 0 saturated carbocycles. The zero-order valence-electron chi connectivity index (χ0n) is 33.1. The topological polar surface area (TPSA) is 69.4 Å². The van der Waals surface area contributed by atoms with Crippen LogP contribution in [0.4, 0.5) is 0 Å². The van der Waals surface area contributed by atoms with Crippen LogP contribution in [0.15, 0.2) is 188 Å². The monoisotopic (exact) mass is 760 g/mol. The summed E-state index contributed by atoms with van der Waals surface area (Å²) < 4.78 is 2.36. The molecule has 282 valence electrons. The summed E-state index contributed by atoms with van der Waals surface area (Å²) in [5.41, 5.74) is 11.6. The van der Waals surface area contributed by atoms with Gasteiger partial charge in [0.2, 0.25) is 0 Å².